The number of hydrogen-bond donors (Lipinski definition) is 2. The topological polar surface area (TPSA) is 89.3 Å². The van der Waals surface area contributed by atoms with Gasteiger partial charge in [-0.2, -0.15) is 0 Å². The van der Waals surface area contributed by atoms with Gasteiger partial charge in [-0.05, 0) is 37.0 Å². The number of hydrogen-bond acceptors (Lipinski definition) is 3. The van der Waals surface area contributed by atoms with E-state index in [1.165, 1.54) is 6.07 Å². The monoisotopic (exact) mass is 286 g/mol. The molecule has 104 valence electrons. The van der Waals surface area contributed by atoms with Crippen LogP contribution in [0.15, 0.2) is 23.1 Å². The van der Waals surface area contributed by atoms with Crippen molar-refractivity contribution in [1.29, 1.82) is 0 Å². The van der Waals surface area contributed by atoms with E-state index in [9.17, 15) is 17.6 Å². The number of nitrogens with two attached hydrogens (primary N) is 1. The van der Waals surface area contributed by atoms with Crippen molar-refractivity contribution in [2.75, 3.05) is 5.32 Å². The van der Waals surface area contributed by atoms with Crippen LogP contribution >= 0.6 is 0 Å². The van der Waals surface area contributed by atoms with Crippen LogP contribution in [0.1, 0.15) is 19.8 Å². The Bertz CT molecular complexity index is 611. The Balaban J connectivity index is 2.14. The van der Waals surface area contributed by atoms with Crippen LogP contribution in [0.25, 0.3) is 0 Å². The van der Waals surface area contributed by atoms with Crippen molar-refractivity contribution in [2.45, 2.75) is 24.7 Å². The van der Waals surface area contributed by atoms with Crippen molar-refractivity contribution in [3.8, 4) is 0 Å². The van der Waals surface area contributed by atoms with Crippen LogP contribution < -0.4 is 10.5 Å². The zero-order chi connectivity index (χ0) is 14.2. The van der Waals surface area contributed by atoms with Crippen molar-refractivity contribution in [3.05, 3.63) is 24.0 Å². The number of carbonyl (C=O) groups is 1. The average Bonchev–Trinajstić information content (AvgIpc) is 3.09. The summed E-state index contributed by atoms with van der Waals surface area (Å²) in [6, 6.07) is 3.32. The van der Waals surface area contributed by atoms with E-state index in [-0.39, 0.29) is 17.5 Å². The SMILES string of the molecule is CC(C(=O)Nc1ccc(S(N)(=O)=O)c(F)c1)C1CC1. The summed E-state index contributed by atoms with van der Waals surface area (Å²) < 4.78 is 35.6. The summed E-state index contributed by atoms with van der Waals surface area (Å²) in [4.78, 5) is 11.2. The molecule has 3 N–H and O–H groups in total. The van der Waals surface area contributed by atoms with Gasteiger partial charge in [-0.25, -0.2) is 17.9 Å². The lowest BCUT2D eigenvalue weighted by molar-refractivity contribution is -0.119. The quantitative estimate of drug-likeness (QED) is 0.878. The highest BCUT2D eigenvalue weighted by Crippen LogP contribution is 2.37. The first-order chi connectivity index (χ1) is 8.79. The highest BCUT2D eigenvalue weighted by Gasteiger charge is 2.32. The number of halogens is 1. The molecule has 0 radical (unpaired) electrons. The fourth-order valence-electron chi connectivity index (χ4n) is 1.88. The summed E-state index contributed by atoms with van der Waals surface area (Å²) in [6.45, 7) is 1.82. The lowest BCUT2D eigenvalue weighted by Crippen LogP contribution is -2.22. The second-order valence-corrected chi connectivity index (χ2v) is 6.34. The smallest absolute Gasteiger partial charge is 0.240 e. The summed E-state index contributed by atoms with van der Waals surface area (Å²) in [7, 11) is -4.09. The molecule has 1 aliphatic carbocycles. The zero-order valence-corrected chi connectivity index (χ0v) is 11.2. The van der Waals surface area contributed by atoms with Crippen molar-refractivity contribution in [1.82, 2.24) is 0 Å². The highest BCUT2D eigenvalue weighted by atomic mass is 32.2. The Labute approximate surface area is 111 Å². The Morgan fingerprint density at radius 2 is 2.11 bits per heavy atom. The van der Waals surface area contributed by atoms with Crippen LogP contribution in [-0.4, -0.2) is 14.3 Å². The molecule has 0 aliphatic heterocycles. The minimum atomic E-state index is -4.09. The molecule has 19 heavy (non-hydrogen) atoms. The minimum absolute atomic E-state index is 0.124. The van der Waals surface area contributed by atoms with Crippen molar-refractivity contribution in [2.24, 2.45) is 17.0 Å². The van der Waals surface area contributed by atoms with Gasteiger partial charge in [0.15, 0.2) is 0 Å². The molecule has 1 unspecified atom stereocenters. The van der Waals surface area contributed by atoms with Gasteiger partial charge in [0.2, 0.25) is 15.9 Å². The van der Waals surface area contributed by atoms with Crippen molar-refractivity contribution in [3.63, 3.8) is 0 Å². The Morgan fingerprint density at radius 1 is 1.47 bits per heavy atom. The molecule has 5 nitrogen and oxygen atoms in total. The number of sulfonamides is 1. The van der Waals surface area contributed by atoms with E-state index in [4.69, 9.17) is 5.14 Å². The maximum absolute atomic E-state index is 13.6. The summed E-state index contributed by atoms with van der Waals surface area (Å²) in [5.74, 6) is -0.890. The molecule has 1 aromatic rings. The van der Waals surface area contributed by atoms with Gasteiger partial charge in [-0.1, -0.05) is 6.92 Å². The van der Waals surface area contributed by atoms with Gasteiger partial charge in [0.25, 0.3) is 0 Å². The predicted molar refractivity (Wildman–Crippen MR) is 68.3 cm³/mol. The molecule has 7 heteroatoms. The first-order valence-corrected chi connectivity index (χ1v) is 7.47. The number of rotatable bonds is 4. The lowest BCUT2D eigenvalue weighted by Gasteiger charge is -2.11. The molecule has 0 heterocycles. The molecule has 1 aromatic carbocycles. The largest absolute Gasteiger partial charge is 0.326 e. The number of benzene rings is 1. The molecular formula is C12H15FN2O3S. The first kappa shape index (κ1) is 14.0. The van der Waals surface area contributed by atoms with E-state index in [2.05, 4.69) is 5.32 Å². The van der Waals surface area contributed by atoms with Crippen molar-refractivity contribution < 1.29 is 17.6 Å². The van der Waals surface area contributed by atoms with Crippen LogP contribution in [0.4, 0.5) is 10.1 Å². The lowest BCUT2D eigenvalue weighted by atomic mass is 10.1. The summed E-state index contributed by atoms with van der Waals surface area (Å²) in [6.07, 6.45) is 2.07. The molecule has 0 spiro atoms. The fourth-order valence-corrected chi connectivity index (χ4v) is 2.46. The van der Waals surface area contributed by atoms with E-state index in [1.54, 1.807) is 0 Å². The molecule has 1 fully saturated rings. The van der Waals surface area contributed by atoms with Crippen LogP contribution in [0.5, 0.6) is 0 Å². The third-order valence-electron chi connectivity index (χ3n) is 3.25. The molecule has 1 amide bonds. The predicted octanol–water partition coefficient (Wildman–Crippen LogP) is 1.46. The van der Waals surface area contributed by atoms with E-state index in [1.807, 2.05) is 6.92 Å². The van der Waals surface area contributed by atoms with Crippen LogP contribution in [-0.2, 0) is 14.8 Å². The minimum Gasteiger partial charge on any atom is -0.326 e. The Hall–Kier alpha value is -1.47. The number of primary sulfonamides is 1. The van der Waals surface area contributed by atoms with Gasteiger partial charge in [0, 0.05) is 11.6 Å². The average molecular weight is 286 g/mol. The van der Waals surface area contributed by atoms with Gasteiger partial charge in [-0.3, -0.25) is 4.79 Å². The Morgan fingerprint density at radius 3 is 2.58 bits per heavy atom. The van der Waals surface area contributed by atoms with E-state index in [0.717, 1.165) is 25.0 Å². The van der Waals surface area contributed by atoms with Gasteiger partial charge in [0.1, 0.15) is 10.7 Å². The van der Waals surface area contributed by atoms with E-state index < -0.39 is 20.7 Å². The molecule has 2 rings (SSSR count). The molecule has 0 saturated heterocycles. The summed E-state index contributed by atoms with van der Waals surface area (Å²) in [5.41, 5.74) is 0.224. The second kappa shape index (κ2) is 4.90. The molecule has 1 atom stereocenters. The van der Waals surface area contributed by atoms with Gasteiger partial charge >= 0.3 is 0 Å². The number of carbonyl (C=O) groups excluding carboxylic acids is 1. The maximum atomic E-state index is 13.6. The zero-order valence-electron chi connectivity index (χ0n) is 10.4. The number of anilines is 1. The van der Waals surface area contributed by atoms with Crippen LogP contribution in [0.3, 0.4) is 0 Å². The first-order valence-electron chi connectivity index (χ1n) is 5.92. The fraction of sp³-hybridized carbons (Fsp3) is 0.417. The van der Waals surface area contributed by atoms with Crippen LogP contribution in [0, 0.1) is 17.7 Å². The van der Waals surface area contributed by atoms with Crippen molar-refractivity contribution >= 4 is 21.6 Å². The van der Waals surface area contributed by atoms with E-state index in [0.29, 0.717) is 5.92 Å². The maximum Gasteiger partial charge on any atom is 0.240 e. The van der Waals surface area contributed by atoms with Gasteiger partial charge in [0.05, 0.1) is 0 Å². The highest BCUT2D eigenvalue weighted by molar-refractivity contribution is 7.89. The van der Waals surface area contributed by atoms with Crippen LogP contribution in [0.2, 0.25) is 0 Å². The Kier molecular flexibility index (Phi) is 3.60. The molecule has 0 bridgehead atoms. The second-order valence-electron chi connectivity index (χ2n) is 4.81. The molecular weight excluding hydrogens is 271 g/mol. The number of nitrogens with one attached hydrogen (secondary N) is 1. The third kappa shape index (κ3) is 3.30. The van der Waals surface area contributed by atoms with E-state index >= 15 is 0 Å². The standard InChI is InChI=1S/C12H15FN2O3S/c1-7(8-2-3-8)12(16)15-9-4-5-11(10(13)6-9)19(14,17)18/h4-8H,2-3H2,1H3,(H,15,16)(H2,14,17,18). The normalized spacial score (nSPS) is 17.0. The molecule has 1 saturated carbocycles. The molecule has 1 aliphatic rings. The van der Waals surface area contributed by atoms with Gasteiger partial charge < -0.3 is 5.32 Å². The summed E-state index contributed by atoms with van der Waals surface area (Å²) >= 11 is 0. The third-order valence-corrected chi connectivity index (χ3v) is 4.19. The number of amides is 1. The van der Waals surface area contributed by atoms with Gasteiger partial charge in [-0.15, -0.1) is 0 Å². The molecule has 0 aromatic heterocycles. The summed E-state index contributed by atoms with van der Waals surface area (Å²) in [5, 5.41) is 7.42.